The van der Waals surface area contributed by atoms with Gasteiger partial charge in [-0.3, -0.25) is 0 Å². The molecule has 0 radical (unpaired) electrons. The summed E-state index contributed by atoms with van der Waals surface area (Å²) in [6, 6.07) is 91.3. The Labute approximate surface area is 857 Å². The fraction of sp³-hybridized carbons (Fsp3) is 0.292. The van der Waals surface area contributed by atoms with Crippen molar-refractivity contribution < 1.29 is 76.5 Å². The summed E-state index contributed by atoms with van der Waals surface area (Å²) in [7, 11) is 6.84. The first-order valence-corrected chi connectivity index (χ1v) is 52.5. The first kappa shape index (κ1) is 101. The van der Waals surface area contributed by atoms with Crippen LogP contribution in [0.2, 0.25) is 0 Å². The molecule has 0 atom stereocenters. The molecule has 0 saturated heterocycles. The minimum atomic E-state index is -0.214. The monoisotopic (exact) mass is 1950 g/mol. The molecule has 18 aromatic rings. The lowest BCUT2D eigenvalue weighted by Gasteiger charge is -2.29. The number of hydrogen-bond donors (Lipinski definition) is 2. The third kappa shape index (κ3) is 19.7. The summed E-state index contributed by atoms with van der Waals surface area (Å²) in [5, 5.41) is 42.2. The van der Waals surface area contributed by atoms with Crippen LogP contribution in [0.4, 0.5) is 0 Å². The highest BCUT2D eigenvalue weighted by Crippen LogP contribution is 2.67. The van der Waals surface area contributed by atoms with Gasteiger partial charge in [0.05, 0.1) is 81.3 Å². The van der Waals surface area contributed by atoms with Crippen molar-refractivity contribution in [2.75, 3.05) is 81.3 Å². The number of unbranched alkanes of at least 4 members (excludes halogenated alkanes) is 8. The fourth-order valence-electron chi connectivity index (χ4n) is 20.6. The zero-order valence-electron chi connectivity index (χ0n) is 86.4. The zero-order valence-corrected chi connectivity index (χ0v) is 86.4. The molecular weight excluding hydrogens is 1820 g/mol. The highest BCUT2D eigenvalue weighted by Gasteiger charge is 2.40. The molecule has 16 nitrogen and oxygen atoms in total. The molecule has 2 N–H and O–H groups in total. The lowest BCUT2D eigenvalue weighted by atomic mass is 9.81. The molecule has 18 aromatic carbocycles. The van der Waals surface area contributed by atoms with E-state index in [1.54, 1.807) is 28.4 Å². The van der Waals surface area contributed by atoms with E-state index in [0.717, 1.165) is 175 Å². The molecule has 0 spiro atoms. The van der Waals surface area contributed by atoms with Gasteiger partial charge in [0.25, 0.3) is 0 Å². The third-order valence-electron chi connectivity index (χ3n) is 27.7. The molecule has 0 unspecified atom stereocenters. The fourth-order valence-corrected chi connectivity index (χ4v) is 20.6. The van der Waals surface area contributed by atoms with Crippen molar-refractivity contribution in [2.45, 2.75) is 171 Å². The van der Waals surface area contributed by atoms with Gasteiger partial charge in [-0.05, 0) is 161 Å². The smallest absolute Gasteiger partial charge is 0.170 e. The van der Waals surface area contributed by atoms with Crippen LogP contribution in [0.15, 0.2) is 267 Å². The van der Waals surface area contributed by atoms with Crippen LogP contribution in [0.25, 0.3) is 164 Å². The summed E-state index contributed by atoms with van der Waals surface area (Å²) in [6.07, 6.45) is 12.5. The van der Waals surface area contributed by atoms with E-state index in [9.17, 15) is 10.2 Å². The Kier molecular flexibility index (Phi) is 32.9. The van der Waals surface area contributed by atoms with Crippen molar-refractivity contribution in [2.24, 2.45) is 0 Å². The standard InChI is InChI=1S/C130H134O16/c1-13-21-71-137-119-101(145-81-83-51-31-29-32-52-83)79-85-55-35-37-57-87(85)105(119)113-97-67-47-43-63-93(97)109(123(133-9)127(113)141-75-25-17-5)111-95-65-45-49-69-99(95)115(129(125(111)135-11)143-77-27-19-7)107-91-61-41-39-59-89(91)103(117(131)121(107)139-73-23-15-3)104-90-60-40-42-62-92(90)108(122(118(104)132)140-74-24-16-4)116-100-70-50-46-66-96(100)112(126(136-12)130(116)144-78-28-20-8)110-94-64-44-48-68-98(94)114(128(124(110)134-10)142-76-26-18-6)106-88-58-38-36-56-86(88)80-102(120(106)138-72-22-14-2)146-82-84-53-33-30-34-54-84/h29-70,79-80,131-132H,13-28,71-78,81-82H2,1-12H3. The van der Waals surface area contributed by atoms with Crippen LogP contribution < -0.4 is 66.3 Å². The topological polar surface area (TPSA) is 170 Å². The maximum atomic E-state index is 14.7. The lowest BCUT2D eigenvalue weighted by molar-refractivity contribution is 0.260. The van der Waals surface area contributed by atoms with Gasteiger partial charge in [-0.25, -0.2) is 0 Å². The molecule has 0 bridgehead atoms. The van der Waals surface area contributed by atoms with E-state index in [2.05, 4.69) is 237 Å². The molecule has 0 aliphatic heterocycles. The molecule has 18 rings (SSSR count). The maximum Gasteiger partial charge on any atom is 0.170 e. The van der Waals surface area contributed by atoms with E-state index in [0.29, 0.717) is 211 Å². The number of ether oxygens (including phenoxy) is 14. The van der Waals surface area contributed by atoms with Crippen molar-refractivity contribution in [3.05, 3.63) is 278 Å². The first-order chi connectivity index (χ1) is 72.0. The van der Waals surface area contributed by atoms with Crippen LogP contribution in [-0.4, -0.2) is 91.5 Å². The van der Waals surface area contributed by atoms with Crippen LogP contribution >= 0.6 is 0 Å². The van der Waals surface area contributed by atoms with Crippen LogP contribution in [0.3, 0.4) is 0 Å². The molecule has 0 saturated carbocycles. The molecule has 0 aromatic heterocycles. The Morgan fingerprint density at radius 2 is 0.342 bits per heavy atom. The number of aromatic hydroxyl groups is 2. The van der Waals surface area contributed by atoms with E-state index in [-0.39, 0.29) is 49.4 Å². The van der Waals surface area contributed by atoms with Gasteiger partial charge in [-0.1, -0.05) is 362 Å². The van der Waals surface area contributed by atoms with Crippen molar-refractivity contribution in [1.82, 2.24) is 0 Å². The predicted octanol–water partition coefficient (Wildman–Crippen LogP) is 34.6. The molecule has 146 heavy (non-hydrogen) atoms. The summed E-state index contributed by atoms with van der Waals surface area (Å²) in [4.78, 5) is 0. The molecule has 0 aliphatic rings. The Hall–Kier alpha value is -15.2. The van der Waals surface area contributed by atoms with Gasteiger partial charge in [0, 0.05) is 77.9 Å². The third-order valence-corrected chi connectivity index (χ3v) is 27.7. The first-order valence-electron chi connectivity index (χ1n) is 52.5. The molecule has 0 fully saturated rings. The van der Waals surface area contributed by atoms with Gasteiger partial charge in [0.15, 0.2) is 92.0 Å². The van der Waals surface area contributed by atoms with E-state index < -0.39 is 0 Å². The quantitative estimate of drug-likeness (QED) is 0.0345. The molecule has 750 valence electrons. The minimum absolute atomic E-state index is 0.176. The minimum Gasteiger partial charge on any atom is -0.504 e. The number of phenolic OH excluding ortho intramolecular Hbond substituents is 2. The summed E-state index contributed by atoms with van der Waals surface area (Å²) in [6.45, 7) is 20.4. The predicted molar refractivity (Wildman–Crippen MR) is 599 cm³/mol. The second kappa shape index (κ2) is 47.6. The number of fused-ring (bicyclic) bond motifs is 8. The van der Waals surface area contributed by atoms with Crippen LogP contribution in [0.5, 0.6) is 92.0 Å². The van der Waals surface area contributed by atoms with Crippen molar-refractivity contribution in [1.29, 1.82) is 0 Å². The summed E-state index contributed by atoms with van der Waals surface area (Å²) in [5.74, 6) is 5.98. The van der Waals surface area contributed by atoms with Gasteiger partial charge in [0.2, 0.25) is 0 Å². The van der Waals surface area contributed by atoms with Gasteiger partial charge in [-0.15, -0.1) is 0 Å². The molecule has 0 amide bonds. The Balaban J connectivity index is 0.899. The second-order valence-corrected chi connectivity index (χ2v) is 37.3. The van der Waals surface area contributed by atoms with Crippen LogP contribution in [0.1, 0.15) is 169 Å². The lowest BCUT2D eigenvalue weighted by Crippen LogP contribution is -2.08. The van der Waals surface area contributed by atoms with Gasteiger partial charge < -0.3 is 76.5 Å². The number of methoxy groups -OCH3 is 4. The van der Waals surface area contributed by atoms with Crippen molar-refractivity contribution in [3.63, 3.8) is 0 Å². The van der Waals surface area contributed by atoms with Gasteiger partial charge in [0.1, 0.15) is 13.2 Å². The van der Waals surface area contributed by atoms with Gasteiger partial charge >= 0.3 is 0 Å². The van der Waals surface area contributed by atoms with E-state index in [1.165, 1.54) is 0 Å². The average molecular weight is 1950 g/mol. The summed E-state index contributed by atoms with van der Waals surface area (Å²) < 4.78 is 102. The van der Waals surface area contributed by atoms with Crippen LogP contribution in [0, 0.1) is 0 Å². The highest BCUT2D eigenvalue weighted by atomic mass is 16.5. The Morgan fingerprint density at radius 1 is 0.171 bits per heavy atom. The number of hydrogen-bond acceptors (Lipinski definition) is 16. The summed E-state index contributed by atoms with van der Waals surface area (Å²) >= 11 is 0. The number of phenols is 2. The van der Waals surface area contributed by atoms with E-state index in [1.807, 2.05) is 84.9 Å². The normalized spacial score (nSPS) is 11.5. The Morgan fingerprint density at radius 3 is 0.562 bits per heavy atom. The molecule has 0 heterocycles. The second-order valence-electron chi connectivity index (χ2n) is 37.3. The highest BCUT2D eigenvalue weighted by molar-refractivity contribution is 6.28. The summed E-state index contributed by atoms with van der Waals surface area (Å²) in [5.41, 5.74) is 11.0. The SMILES string of the molecule is CCCCOc1c(OCc2ccccc2)cc2ccccc2c1-c1c(OCCCC)c(OC)c(-c2c(OC)c(OCCCC)c(-c3c(OCCCC)c(O)c(-c4c(O)c(OCCCC)c(-c5c(OCCCC)c(OC)c(-c6c(OC)c(OCCCC)c(-c7c(OCCCC)c(OCc8ccccc8)cc8ccccc78)c7ccccc67)c6ccccc56)c5ccccc45)c4ccccc34)c3ccccc23)c2ccccc12. The van der Waals surface area contributed by atoms with Crippen molar-refractivity contribution >= 4 is 86.2 Å². The van der Waals surface area contributed by atoms with Crippen LogP contribution in [-0.2, 0) is 13.2 Å². The largest absolute Gasteiger partial charge is 0.504 e. The van der Waals surface area contributed by atoms with Gasteiger partial charge in [-0.2, -0.15) is 0 Å². The molecule has 0 aliphatic carbocycles. The van der Waals surface area contributed by atoms with E-state index >= 15 is 0 Å². The number of benzene rings is 18. The maximum absolute atomic E-state index is 14.7. The average Bonchev–Trinajstić information content (AvgIpc) is 0.697. The molecular formula is C130H134O16. The van der Waals surface area contributed by atoms with E-state index in [4.69, 9.17) is 66.3 Å². The zero-order chi connectivity index (χ0) is 101. The molecule has 16 heteroatoms. The van der Waals surface area contributed by atoms with Crippen molar-refractivity contribution in [3.8, 4) is 170 Å². The Bertz CT molecular complexity index is 7250. The number of rotatable bonds is 49.